The molecule has 0 atom stereocenters. The number of carbonyl (C=O) groups is 1. The Balaban J connectivity index is 2.62. The quantitative estimate of drug-likeness (QED) is 0.735. The number of anilines is 1. The van der Waals surface area contributed by atoms with Gasteiger partial charge in [-0.1, -0.05) is 0 Å². The van der Waals surface area contributed by atoms with Crippen LogP contribution in [0.25, 0.3) is 0 Å². The van der Waals surface area contributed by atoms with E-state index in [0.29, 0.717) is 26.2 Å². The van der Waals surface area contributed by atoms with Gasteiger partial charge in [-0.25, -0.2) is 0 Å². The molecule has 0 aliphatic carbocycles. The highest BCUT2D eigenvalue weighted by Crippen LogP contribution is 2.29. The van der Waals surface area contributed by atoms with Crippen LogP contribution in [-0.2, 0) is 4.79 Å². The summed E-state index contributed by atoms with van der Waals surface area (Å²) in [5, 5.41) is 6.10. The second kappa shape index (κ2) is 9.10. The van der Waals surface area contributed by atoms with E-state index in [4.69, 9.17) is 9.47 Å². The van der Waals surface area contributed by atoms with Crippen molar-refractivity contribution in [3.8, 4) is 11.5 Å². The maximum Gasteiger partial charge on any atom is 0.221 e. The first-order chi connectivity index (χ1) is 10.1. The zero-order valence-electron chi connectivity index (χ0n) is 13.4. The molecule has 0 unspecified atom stereocenters. The molecule has 1 amide bonds. The van der Waals surface area contributed by atoms with E-state index in [-0.39, 0.29) is 11.9 Å². The predicted octanol–water partition coefficient (Wildman–Crippen LogP) is 2.81. The van der Waals surface area contributed by atoms with E-state index in [1.165, 1.54) is 0 Å². The topological polar surface area (TPSA) is 59.6 Å². The van der Waals surface area contributed by atoms with Gasteiger partial charge in [0.1, 0.15) is 11.5 Å². The van der Waals surface area contributed by atoms with Crippen LogP contribution in [0.1, 0.15) is 34.1 Å². The lowest BCUT2D eigenvalue weighted by atomic mass is 10.2. The van der Waals surface area contributed by atoms with Crippen molar-refractivity contribution in [2.24, 2.45) is 0 Å². The third-order valence-corrected chi connectivity index (χ3v) is 2.68. The third kappa shape index (κ3) is 6.38. The molecule has 0 aliphatic heterocycles. The molecule has 0 saturated heterocycles. The number of amides is 1. The van der Waals surface area contributed by atoms with Gasteiger partial charge in [0, 0.05) is 25.1 Å². The fourth-order valence-electron chi connectivity index (χ4n) is 1.89. The maximum atomic E-state index is 11.6. The lowest BCUT2D eigenvalue weighted by Crippen LogP contribution is -2.31. The fraction of sp³-hybridized carbons (Fsp3) is 0.562. The van der Waals surface area contributed by atoms with Gasteiger partial charge in [-0.3, -0.25) is 4.79 Å². The van der Waals surface area contributed by atoms with Crippen molar-refractivity contribution in [1.82, 2.24) is 5.32 Å². The number of ether oxygens (including phenoxy) is 2. The predicted molar refractivity (Wildman–Crippen MR) is 85.2 cm³/mol. The molecule has 5 nitrogen and oxygen atoms in total. The summed E-state index contributed by atoms with van der Waals surface area (Å²) < 4.78 is 11.1. The molecule has 0 bridgehead atoms. The van der Waals surface area contributed by atoms with Crippen LogP contribution in [0, 0.1) is 0 Å². The van der Waals surface area contributed by atoms with Crippen LogP contribution in [0.5, 0.6) is 11.5 Å². The monoisotopic (exact) mass is 294 g/mol. The molecule has 21 heavy (non-hydrogen) atoms. The largest absolute Gasteiger partial charge is 0.494 e. The van der Waals surface area contributed by atoms with Crippen LogP contribution in [0.2, 0.25) is 0 Å². The summed E-state index contributed by atoms with van der Waals surface area (Å²) in [5.74, 6) is 1.59. The summed E-state index contributed by atoms with van der Waals surface area (Å²) in [6, 6.07) is 5.82. The molecule has 0 aliphatic rings. The van der Waals surface area contributed by atoms with E-state index in [1.807, 2.05) is 45.9 Å². The highest BCUT2D eigenvalue weighted by Gasteiger charge is 2.07. The molecule has 1 aromatic carbocycles. The van der Waals surface area contributed by atoms with Gasteiger partial charge in [-0.05, 0) is 39.8 Å². The SMILES string of the molecule is CCOc1ccc(OCC)c(NCCC(=O)NC(C)C)c1. The molecule has 5 heteroatoms. The van der Waals surface area contributed by atoms with Crippen molar-refractivity contribution in [2.75, 3.05) is 25.1 Å². The van der Waals surface area contributed by atoms with Crippen molar-refractivity contribution in [1.29, 1.82) is 0 Å². The van der Waals surface area contributed by atoms with E-state index >= 15 is 0 Å². The zero-order chi connectivity index (χ0) is 15.7. The van der Waals surface area contributed by atoms with E-state index in [0.717, 1.165) is 17.2 Å². The van der Waals surface area contributed by atoms with Crippen molar-refractivity contribution in [3.63, 3.8) is 0 Å². The first-order valence-electron chi connectivity index (χ1n) is 7.49. The smallest absolute Gasteiger partial charge is 0.221 e. The summed E-state index contributed by atoms with van der Waals surface area (Å²) in [4.78, 5) is 11.6. The molecule has 1 aromatic rings. The summed E-state index contributed by atoms with van der Waals surface area (Å²) in [5.41, 5.74) is 0.847. The molecule has 0 aromatic heterocycles. The second-order valence-electron chi connectivity index (χ2n) is 4.92. The maximum absolute atomic E-state index is 11.6. The van der Waals surface area contributed by atoms with Gasteiger partial charge in [-0.15, -0.1) is 0 Å². The Bertz CT molecular complexity index is 447. The Morgan fingerprint density at radius 3 is 2.52 bits per heavy atom. The van der Waals surface area contributed by atoms with Gasteiger partial charge in [0.2, 0.25) is 5.91 Å². The molecule has 0 spiro atoms. The summed E-state index contributed by atoms with van der Waals surface area (Å²) in [6.07, 6.45) is 0.419. The molecule has 1 rings (SSSR count). The van der Waals surface area contributed by atoms with Crippen LogP contribution in [0.3, 0.4) is 0 Å². The molecule has 0 fully saturated rings. The molecular weight excluding hydrogens is 268 g/mol. The Hall–Kier alpha value is -1.91. The van der Waals surface area contributed by atoms with Crippen molar-refractivity contribution in [3.05, 3.63) is 18.2 Å². The Kier molecular flexibility index (Phi) is 7.43. The minimum Gasteiger partial charge on any atom is -0.494 e. The van der Waals surface area contributed by atoms with Gasteiger partial charge in [0.15, 0.2) is 0 Å². The number of nitrogens with one attached hydrogen (secondary N) is 2. The molecule has 0 radical (unpaired) electrons. The second-order valence-corrected chi connectivity index (χ2v) is 4.92. The van der Waals surface area contributed by atoms with Crippen LogP contribution in [0.4, 0.5) is 5.69 Å². The number of hydrogen-bond donors (Lipinski definition) is 2. The van der Waals surface area contributed by atoms with Crippen molar-refractivity contribution in [2.45, 2.75) is 40.2 Å². The first kappa shape index (κ1) is 17.1. The third-order valence-electron chi connectivity index (χ3n) is 2.68. The van der Waals surface area contributed by atoms with Crippen LogP contribution in [-0.4, -0.2) is 31.7 Å². The minimum absolute atomic E-state index is 0.0384. The van der Waals surface area contributed by atoms with Gasteiger partial charge in [0.05, 0.1) is 18.9 Å². The van der Waals surface area contributed by atoms with Crippen LogP contribution in [0.15, 0.2) is 18.2 Å². The first-order valence-corrected chi connectivity index (χ1v) is 7.49. The lowest BCUT2D eigenvalue weighted by Gasteiger charge is -2.14. The highest BCUT2D eigenvalue weighted by atomic mass is 16.5. The lowest BCUT2D eigenvalue weighted by molar-refractivity contribution is -0.121. The normalized spacial score (nSPS) is 10.3. The van der Waals surface area contributed by atoms with E-state index in [1.54, 1.807) is 0 Å². The number of benzene rings is 1. The number of carbonyl (C=O) groups excluding carboxylic acids is 1. The fourth-order valence-corrected chi connectivity index (χ4v) is 1.89. The van der Waals surface area contributed by atoms with Crippen molar-refractivity contribution >= 4 is 11.6 Å². The van der Waals surface area contributed by atoms with E-state index in [2.05, 4.69) is 10.6 Å². The van der Waals surface area contributed by atoms with Gasteiger partial charge < -0.3 is 20.1 Å². The summed E-state index contributed by atoms with van der Waals surface area (Å²) >= 11 is 0. The Labute approximate surface area is 127 Å². The van der Waals surface area contributed by atoms with E-state index < -0.39 is 0 Å². The van der Waals surface area contributed by atoms with Crippen LogP contribution < -0.4 is 20.1 Å². The molecular formula is C16H26N2O3. The Morgan fingerprint density at radius 1 is 1.19 bits per heavy atom. The van der Waals surface area contributed by atoms with Gasteiger partial charge in [-0.2, -0.15) is 0 Å². The minimum atomic E-state index is 0.0384. The average molecular weight is 294 g/mol. The summed E-state index contributed by atoms with van der Waals surface area (Å²) in [7, 11) is 0. The summed E-state index contributed by atoms with van der Waals surface area (Å²) in [6.45, 7) is 9.54. The van der Waals surface area contributed by atoms with Gasteiger partial charge in [0.25, 0.3) is 0 Å². The number of rotatable bonds is 9. The van der Waals surface area contributed by atoms with Crippen LogP contribution >= 0.6 is 0 Å². The Morgan fingerprint density at radius 2 is 1.90 bits per heavy atom. The van der Waals surface area contributed by atoms with Crippen molar-refractivity contribution < 1.29 is 14.3 Å². The van der Waals surface area contributed by atoms with E-state index in [9.17, 15) is 4.79 Å². The molecule has 118 valence electrons. The molecule has 2 N–H and O–H groups in total. The van der Waals surface area contributed by atoms with Gasteiger partial charge >= 0.3 is 0 Å². The highest BCUT2D eigenvalue weighted by molar-refractivity contribution is 5.76. The average Bonchev–Trinajstić information content (AvgIpc) is 2.41. The zero-order valence-corrected chi connectivity index (χ0v) is 13.4. The molecule has 0 heterocycles. The standard InChI is InChI=1S/C16H26N2O3/c1-5-20-13-7-8-15(21-6-2)14(11-13)17-10-9-16(19)18-12(3)4/h7-8,11-12,17H,5-6,9-10H2,1-4H3,(H,18,19). The number of hydrogen-bond acceptors (Lipinski definition) is 4. The molecule has 0 saturated carbocycles.